The molecule has 0 saturated heterocycles. The molecule has 1 rings (SSSR count). The van der Waals surface area contributed by atoms with E-state index in [9.17, 15) is 8.42 Å². The number of hydrogen-bond donors (Lipinski definition) is 3. The molecule has 5 N–H and O–H groups in total. The summed E-state index contributed by atoms with van der Waals surface area (Å²) in [4.78, 5) is 0.0716. The molecule has 0 aliphatic rings. The van der Waals surface area contributed by atoms with Gasteiger partial charge in [0.1, 0.15) is 0 Å². The van der Waals surface area contributed by atoms with E-state index in [4.69, 9.17) is 10.9 Å². The molecule has 0 bridgehead atoms. The first-order chi connectivity index (χ1) is 8.95. The summed E-state index contributed by atoms with van der Waals surface area (Å²) in [5.41, 5.74) is 7.53. The highest BCUT2D eigenvalue weighted by atomic mass is 32.2. The van der Waals surface area contributed by atoms with Gasteiger partial charge in [-0.2, -0.15) is 0 Å². The van der Waals surface area contributed by atoms with Crippen LogP contribution in [0.15, 0.2) is 17.0 Å². The lowest BCUT2D eigenvalue weighted by Crippen LogP contribution is -2.29. The Hall–Kier alpha value is -1.27. The first-order valence-electron chi connectivity index (χ1n) is 6.62. The van der Waals surface area contributed by atoms with Crippen LogP contribution >= 0.6 is 0 Å². The van der Waals surface area contributed by atoms with E-state index in [1.807, 2.05) is 0 Å². The van der Waals surface area contributed by atoms with E-state index in [0.29, 0.717) is 22.9 Å². The lowest BCUT2D eigenvalue weighted by molar-refractivity contribution is 0.269. The molecule has 0 spiro atoms. The topological polar surface area (TPSA) is 98.2 Å². The molecular formula is C14H25N3O2S. The zero-order valence-corrected chi connectivity index (χ0v) is 13.6. The Morgan fingerprint density at radius 1 is 1.30 bits per heavy atom. The van der Waals surface area contributed by atoms with Crippen molar-refractivity contribution in [2.45, 2.75) is 39.5 Å². The third kappa shape index (κ3) is 3.86. The molecule has 0 aromatic heterocycles. The number of nitrogen functional groups attached to an aromatic ring is 1. The van der Waals surface area contributed by atoms with E-state index >= 15 is 0 Å². The molecule has 0 radical (unpaired) electrons. The van der Waals surface area contributed by atoms with Crippen LogP contribution < -0.4 is 16.2 Å². The molecule has 0 atom stereocenters. The molecule has 0 aliphatic heterocycles. The predicted molar refractivity (Wildman–Crippen MR) is 84.1 cm³/mol. The van der Waals surface area contributed by atoms with E-state index < -0.39 is 10.0 Å². The standard InChI is InChI=1S/C14H25N3O2S/c1-9(2)14(4,5)8-17-12-6-11(15)7-13(10(12)3)20(16,18)19/h6-7,9,17H,8,15H2,1-5H3,(H2,16,18,19). The number of nitrogens with one attached hydrogen (secondary N) is 1. The Labute approximate surface area is 121 Å². The fourth-order valence-electron chi connectivity index (χ4n) is 1.72. The van der Waals surface area contributed by atoms with Gasteiger partial charge in [-0.25, -0.2) is 13.6 Å². The highest BCUT2D eigenvalue weighted by molar-refractivity contribution is 7.89. The van der Waals surface area contributed by atoms with Crippen LogP contribution in [0.25, 0.3) is 0 Å². The van der Waals surface area contributed by atoms with Gasteiger partial charge < -0.3 is 11.1 Å². The first-order valence-corrected chi connectivity index (χ1v) is 8.16. The summed E-state index contributed by atoms with van der Waals surface area (Å²) < 4.78 is 23.1. The van der Waals surface area contributed by atoms with E-state index in [2.05, 4.69) is 33.0 Å². The lowest BCUT2D eigenvalue weighted by Gasteiger charge is -2.30. The van der Waals surface area contributed by atoms with Crippen molar-refractivity contribution in [3.8, 4) is 0 Å². The summed E-state index contributed by atoms with van der Waals surface area (Å²) in [6.07, 6.45) is 0. The Kier molecular flexibility index (Phi) is 4.71. The second kappa shape index (κ2) is 5.61. The quantitative estimate of drug-likeness (QED) is 0.727. The number of nitrogens with two attached hydrogens (primary N) is 2. The largest absolute Gasteiger partial charge is 0.399 e. The van der Waals surface area contributed by atoms with Crippen LogP contribution in [0.1, 0.15) is 33.3 Å². The average Bonchev–Trinajstić information content (AvgIpc) is 2.28. The minimum Gasteiger partial charge on any atom is -0.399 e. The summed E-state index contributed by atoms with van der Waals surface area (Å²) in [7, 11) is -3.77. The first kappa shape index (κ1) is 16.8. The Morgan fingerprint density at radius 3 is 2.30 bits per heavy atom. The van der Waals surface area contributed by atoms with Crippen LogP contribution in [0.2, 0.25) is 0 Å². The zero-order valence-electron chi connectivity index (χ0n) is 12.8. The molecule has 6 heteroatoms. The van der Waals surface area contributed by atoms with Crippen LogP contribution in [-0.4, -0.2) is 15.0 Å². The maximum atomic E-state index is 11.6. The van der Waals surface area contributed by atoms with Crippen molar-refractivity contribution in [3.63, 3.8) is 0 Å². The van der Waals surface area contributed by atoms with Crippen molar-refractivity contribution in [2.75, 3.05) is 17.6 Å². The molecule has 1 aromatic carbocycles. The summed E-state index contributed by atoms with van der Waals surface area (Å²) in [5, 5.41) is 8.50. The van der Waals surface area contributed by atoms with Crippen LogP contribution in [0.4, 0.5) is 11.4 Å². The van der Waals surface area contributed by atoms with Gasteiger partial charge >= 0.3 is 0 Å². The fraction of sp³-hybridized carbons (Fsp3) is 0.571. The number of rotatable bonds is 5. The van der Waals surface area contributed by atoms with E-state index in [1.165, 1.54) is 6.07 Å². The molecule has 0 aliphatic carbocycles. The summed E-state index contributed by atoms with van der Waals surface area (Å²) >= 11 is 0. The molecule has 5 nitrogen and oxygen atoms in total. The maximum Gasteiger partial charge on any atom is 0.238 e. The van der Waals surface area contributed by atoms with E-state index in [0.717, 1.165) is 6.54 Å². The van der Waals surface area contributed by atoms with Gasteiger partial charge in [-0.3, -0.25) is 0 Å². The van der Waals surface area contributed by atoms with Crippen LogP contribution in [0.3, 0.4) is 0 Å². The molecule has 20 heavy (non-hydrogen) atoms. The second-order valence-corrected chi connectivity index (χ2v) is 7.76. The number of primary sulfonamides is 1. The molecule has 0 fully saturated rings. The summed E-state index contributed by atoms with van der Waals surface area (Å²) in [5.74, 6) is 0.495. The molecule has 0 amide bonds. The molecule has 1 aromatic rings. The normalized spacial score (nSPS) is 12.8. The molecular weight excluding hydrogens is 274 g/mol. The Bertz CT molecular complexity index is 593. The van der Waals surface area contributed by atoms with Crippen molar-refractivity contribution < 1.29 is 8.42 Å². The van der Waals surface area contributed by atoms with Gasteiger partial charge in [0.2, 0.25) is 10.0 Å². The van der Waals surface area contributed by atoms with Crippen molar-refractivity contribution in [2.24, 2.45) is 16.5 Å². The third-order valence-corrected chi connectivity index (χ3v) is 5.02. The van der Waals surface area contributed by atoms with Gasteiger partial charge in [0.15, 0.2) is 0 Å². The van der Waals surface area contributed by atoms with E-state index in [1.54, 1.807) is 13.0 Å². The minimum absolute atomic E-state index is 0.0716. The van der Waals surface area contributed by atoms with Crippen LogP contribution in [0, 0.1) is 18.3 Å². The smallest absolute Gasteiger partial charge is 0.238 e. The molecule has 114 valence electrons. The highest BCUT2D eigenvalue weighted by Gasteiger charge is 2.23. The van der Waals surface area contributed by atoms with Gasteiger partial charge in [0.25, 0.3) is 0 Å². The number of sulfonamides is 1. The summed E-state index contributed by atoms with van der Waals surface area (Å²) in [6.45, 7) is 11.1. The average molecular weight is 299 g/mol. The summed E-state index contributed by atoms with van der Waals surface area (Å²) in [6, 6.07) is 3.13. The number of benzene rings is 1. The van der Waals surface area contributed by atoms with Crippen molar-refractivity contribution in [1.29, 1.82) is 0 Å². The van der Waals surface area contributed by atoms with Gasteiger partial charge in [-0.1, -0.05) is 27.7 Å². The van der Waals surface area contributed by atoms with Gasteiger partial charge in [-0.15, -0.1) is 0 Å². The molecule has 0 heterocycles. The van der Waals surface area contributed by atoms with E-state index in [-0.39, 0.29) is 10.3 Å². The Balaban J connectivity index is 3.12. The van der Waals surface area contributed by atoms with Crippen LogP contribution in [-0.2, 0) is 10.0 Å². The van der Waals surface area contributed by atoms with Crippen molar-refractivity contribution >= 4 is 21.4 Å². The Morgan fingerprint density at radius 2 is 1.85 bits per heavy atom. The number of hydrogen-bond acceptors (Lipinski definition) is 4. The van der Waals surface area contributed by atoms with Crippen LogP contribution in [0.5, 0.6) is 0 Å². The SMILES string of the molecule is Cc1c(NCC(C)(C)C(C)C)cc(N)cc1S(N)(=O)=O. The number of anilines is 2. The fourth-order valence-corrected chi connectivity index (χ4v) is 2.55. The molecule has 0 unspecified atom stereocenters. The lowest BCUT2D eigenvalue weighted by atomic mass is 9.81. The molecule has 0 saturated carbocycles. The van der Waals surface area contributed by atoms with Gasteiger partial charge in [0.05, 0.1) is 4.90 Å². The third-order valence-electron chi connectivity index (χ3n) is 3.99. The second-order valence-electron chi connectivity index (χ2n) is 6.23. The van der Waals surface area contributed by atoms with Crippen molar-refractivity contribution in [3.05, 3.63) is 17.7 Å². The van der Waals surface area contributed by atoms with Gasteiger partial charge in [0, 0.05) is 17.9 Å². The maximum absolute atomic E-state index is 11.6. The predicted octanol–water partition coefficient (Wildman–Crippen LogP) is 2.32. The van der Waals surface area contributed by atoms with Crippen molar-refractivity contribution in [1.82, 2.24) is 0 Å². The monoisotopic (exact) mass is 299 g/mol. The zero-order chi connectivity index (χ0) is 15.7. The highest BCUT2D eigenvalue weighted by Crippen LogP contribution is 2.30. The minimum atomic E-state index is -3.77. The van der Waals surface area contributed by atoms with Gasteiger partial charge in [-0.05, 0) is 36.0 Å².